The maximum Gasteiger partial charge on any atom is 0.222 e. The lowest BCUT2D eigenvalue weighted by atomic mass is 9.66. The predicted molar refractivity (Wildman–Crippen MR) is 87.2 cm³/mol. The third kappa shape index (κ3) is 2.16. The summed E-state index contributed by atoms with van der Waals surface area (Å²) in [4.78, 5) is 1.27. The Kier molecular flexibility index (Phi) is 3.17. The second-order valence-electron chi connectivity index (χ2n) is 5.72. The van der Waals surface area contributed by atoms with Gasteiger partial charge in [0.15, 0.2) is 6.20 Å². The maximum absolute atomic E-state index is 6.45. The topological polar surface area (TPSA) is 3.88 Å². The summed E-state index contributed by atoms with van der Waals surface area (Å²) >= 11 is 1.82. The van der Waals surface area contributed by atoms with Gasteiger partial charge in [0.05, 0.1) is 7.85 Å². The van der Waals surface area contributed by atoms with Crippen LogP contribution in [0.2, 0.25) is 0 Å². The van der Waals surface area contributed by atoms with Gasteiger partial charge in [-0.05, 0) is 28.4 Å². The van der Waals surface area contributed by atoms with Gasteiger partial charge in [0, 0.05) is 16.8 Å². The van der Waals surface area contributed by atoms with Crippen molar-refractivity contribution in [2.45, 2.75) is 19.2 Å². The Bertz CT molecular complexity index is 768. The highest BCUT2D eigenvalue weighted by atomic mass is 32.1. The molecule has 0 spiro atoms. The van der Waals surface area contributed by atoms with E-state index in [0.29, 0.717) is 0 Å². The molecule has 0 saturated heterocycles. The van der Waals surface area contributed by atoms with Gasteiger partial charge in [0.2, 0.25) is 5.69 Å². The molecular formula is C17H17BNS+. The Labute approximate surface area is 125 Å². The summed E-state index contributed by atoms with van der Waals surface area (Å²) in [6.07, 6.45) is 2.08. The molecule has 0 saturated carbocycles. The summed E-state index contributed by atoms with van der Waals surface area (Å²) in [7, 11) is 8.53. The molecule has 2 aromatic heterocycles. The molecule has 0 aliphatic heterocycles. The number of benzene rings is 1. The summed E-state index contributed by atoms with van der Waals surface area (Å²) in [5.74, 6) is 0. The molecule has 0 amide bonds. The van der Waals surface area contributed by atoms with E-state index in [0.717, 1.165) is 0 Å². The highest BCUT2D eigenvalue weighted by Crippen LogP contribution is 2.42. The van der Waals surface area contributed by atoms with Crippen LogP contribution in [0.25, 0.3) is 20.7 Å². The van der Waals surface area contributed by atoms with Crippen molar-refractivity contribution in [3.8, 4) is 10.6 Å². The van der Waals surface area contributed by atoms with Gasteiger partial charge in [-0.15, -0.1) is 11.3 Å². The van der Waals surface area contributed by atoms with Gasteiger partial charge >= 0.3 is 0 Å². The van der Waals surface area contributed by atoms with Crippen LogP contribution in [-0.4, -0.2) is 7.85 Å². The van der Waals surface area contributed by atoms with E-state index in [4.69, 9.17) is 7.85 Å². The fourth-order valence-electron chi connectivity index (χ4n) is 2.62. The van der Waals surface area contributed by atoms with E-state index in [1.807, 2.05) is 17.4 Å². The first kappa shape index (κ1) is 13.4. The number of pyridine rings is 1. The summed E-state index contributed by atoms with van der Waals surface area (Å²) in [6.45, 7) is 4.15. The largest absolute Gasteiger partial charge is 0.222 e. The fourth-order valence-corrected chi connectivity index (χ4v) is 4.06. The minimum atomic E-state index is -0.363. The molecule has 0 bridgehead atoms. The van der Waals surface area contributed by atoms with E-state index < -0.39 is 0 Å². The second-order valence-corrected chi connectivity index (χ2v) is 6.77. The molecule has 0 aliphatic carbocycles. The molecule has 1 aromatic carbocycles. The van der Waals surface area contributed by atoms with Gasteiger partial charge in [-0.25, -0.2) is 4.57 Å². The molecule has 98 valence electrons. The molecule has 0 atom stereocenters. The van der Waals surface area contributed by atoms with Crippen LogP contribution < -0.4 is 4.57 Å². The maximum atomic E-state index is 6.45. The van der Waals surface area contributed by atoms with Gasteiger partial charge in [-0.1, -0.05) is 32.0 Å². The van der Waals surface area contributed by atoms with Gasteiger partial charge in [0.25, 0.3) is 0 Å². The molecule has 0 N–H and O–H groups in total. The Morgan fingerprint density at radius 1 is 1.05 bits per heavy atom. The molecule has 3 heteroatoms. The molecule has 3 rings (SSSR count). The zero-order chi connectivity index (χ0) is 14.3. The number of aromatic nitrogens is 1. The summed E-state index contributed by atoms with van der Waals surface area (Å²) < 4.78 is 3.44. The third-order valence-electron chi connectivity index (χ3n) is 3.53. The Balaban J connectivity index is 2.39. The smallest absolute Gasteiger partial charge is 0.200 e. The number of hydrogen-bond donors (Lipinski definition) is 0. The van der Waals surface area contributed by atoms with Gasteiger partial charge in [0.1, 0.15) is 11.9 Å². The van der Waals surface area contributed by atoms with E-state index in [-0.39, 0.29) is 5.31 Å². The average Bonchev–Trinajstić information content (AvgIpc) is 2.78. The number of nitrogens with zero attached hydrogens (tertiary/aromatic N) is 1. The van der Waals surface area contributed by atoms with Crippen molar-refractivity contribution < 1.29 is 4.57 Å². The quantitative estimate of drug-likeness (QED) is 0.496. The summed E-state index contributed by atoms with van der Waals surface area (Å²) in [5, 5.41) is 0.904. The minimum Gasteiger partial charge on any atom is -0.200 e. The monoisotopic (exact) mass is 278 g/mol. The molecule has 20 heavy (non-hydrogen) atoms. The van der Waals surface area contributed by atoms with Crippen LogP contribution in [0.3, 0.4) is 0 Å². The zero-order valence-electron chi connectivity index (χ0n) is 12.1. The second kappa shape index (κ2) is 4.74. The lowest BCUT2D eigenvalue weighted by Gasteiger charge is -2.20. The Morgan fingerprint density at radius 2 is 1.75 bits per heavy atom. The van der Waals surface area contributed by atoms with Crippen LogP contribution >= 0.6 is 11.3 Å². The van der Waals surface area contributed by atoms with Gasteiger partial charge in [-0.3, -0.25) is 0 Å². The molecule has 0 unspecified atom stereocenters. The van der Waals surface area contributed by atoms with Crippen molar-refractivity contribution in [2.75, 3.05) is 0 Å². The minimum absolute atomic E-state index is 0.363. The molecule has 0 fully saturated rings. The van der Waals surface area contributed by atoms with Crippen molar-refractivity contribution in [1.82, 2.24) is 0 Å². The van der Waals surface area contributed by atoms with Crippen LogP contribution in [0, 0.1) is 0 Å². The number of hydrogen-bond acceptors (Lipinski definition) is 1. The van der Waals surface area contributed by atoms with Crippen molar-refractivity contribution >= 4 is 29.3 Å². The van der Waals surface area contributed by atoms with E-state index in [9.17, 15) is 0 Å². The third-order valence-corrected chi connectivity index (χ3v) is 4.72. The molecule has 1 nitrogen and oxygen atoms in total. The Morgan fingerprint density at radius 3 is 2.45 bits per heavy atom. The lowest BCUT2D eigenvalue weighted by molar-refractivity contribution is -0.660. The molecular weight excluding hydrogens is 261 g/mol. The Hall–Kier alpha value is -1.61. The van der Waals surface area contributed by atoms with Crippen molar-refractivity contribution in [3.05, 3.63) is 54.2 Å². The summed E-state index contributed by atoms with van der Waals surface area (Å²) in [6, 6.07) is 14.8. The highest BCUT2D eigenvalue weighted by molar-refractivity contribution is 7.22. The molecule has 0 aliphatic rings. The van der Waals surface area contributed by atoms with Crippen molar-refractivity contribution in [2.24, 2.45) is 7.05 Å². The van der Waals surface area contributed by atoms with Crippen LogP contribution in [0.1, 0.15) is 19.4 Å². The van der Waals surface area contributed by atoms with Gasteiger partial charge < -0.3 is 0 Å². The molecule has 3 aromatic rings. The number of rotatable bonds is 2. The van der Waals surface area contributed by atoms with Crippen LogP contribution in [0.4, 0.5) is 0 Å². The normalized spacial score (nSPS) is 11.9. The molecule has 2 radical (unpaired) electrons. The van der Waals surface area contributed by atoms with Crippen LogP contribution in [-0.2, 0) is 12.4 Å². The van der Waals surface area contributed by atoms with Crippen LogP contribution in [0.5, 0.6) is 0 Å². The summed E-state index contributed by atoms with van der Waals surface area (Å²) in [5.41, 5.74) is 2.45. The van der Waals surface area contributed by atoms with E-state index in [2.05, 4.69) is 68.1 Å². The first-order chi connectivity index (χ1) is 9.48. The highest BCUT2D eigenvalue weighted by Gasteiger charge is 2.27. The van der Waals surface area contributed by atoms with Crippen molar-refractivity contribution in [3.63, 3.8) is 0 Å². The van der Waals surface area contributed by atoms with E-state index >= 15 is 0 Å². The first-order valence-corrected chi connectivity index (χ1v) is 7.56. The number of fused-ring (bicyclic) bond motifs is 1. The standard InChI is InChI=1S/C17H17BNS/c1-17(2,18)15-12-8-4-5-10-14(12)20-16(15)13-9-6-7-11-19(13)3/h4-11H,1-3H3/q+1. The van der Waals surface area contributed by atoms with Crippen molar-refractivity contribution in [1.29, 1.82) is 0 Å². The predicted octanol–water partition coefficient (Wildman–Crippen LogP) is 3.80. The van der Waals surface area contributed by atoms with E-state index in [1.165, 1.54) is 26.2 Å². The fraction of sp³-hybridized carbons (Fsp3) is 0.235. The average molecular weight is 278 g/mol. The number of aryl methyl sites for hydroxylation is 1. The molecule has 2 heterocycles. The van der Waals surface area contributed by atoms with Crippen LogP contribution in [0.15, 0.2) is 48.7 Å². The van der Waals surface area contributed by atoms with E-state index in [1.54, 1.807) is 0 Å². The lowest BCUT2D eigenvalue weighted by Crippen LogP contribution is -2.30. The number of thiophene rings is 1. The SMILES string of the molecule is [B]C(C)(C)c1c(-c2cccc[n+]2C)sc2ccccc12. The first-order valence-electron chi connectivity index (χ1n) is 6.74. The zero-order valence-corrected chi connectivity index (χ0v) is 12.9. The van der Waals surface area contributed by atoms with Gasteiger partial charge in [-0.2, -0.15) is 0 Å².